The van der Waals surface area contributed by atoms with Crippen LogP contribution in [0, 0.1) is 14.1 Å². The number of benzene rings is 3. The van der Waals surface area contributed by atoms with E-state index in [1.165, 1.54) is 19.3 Å². The molecule has 5 nitrogen and oxygen atoms in total. The lowest BCUT2D eigenvalue weighted by molar-refractivity contribution is -0.597. The van der Waals surface area contributed by atoms with Gasteiger partial charge in [-0.05, 0) is 49.4 Å². The normalized spacial score (nSPS) is 10.5. The summed E-state index contributed by atoms with van der Waals surface area (Å²) in [5.41, 5.74) is 1.67. The molecule has 28 heavy (non-hydrogen) atoms. The van der Waals surface area contributed by atoms with Crippen molar-refractivity contribution in [3.8, 4) is 5.75 Å². The minimum Gasteiger partial charge on any atom is -0.744 e. The minimum atomic E-state index is -4.27. The first-order chi connectivity index (χ1) is 13.3. The Labute approximate surface area is 175 Å². The molecule has 146 valence electrons. The molecule has 0 radical (unpaired) electrons. The van der Waals surface area contributed by atoms with E-state index in [4.69, 9.17) is 4.74 Å². The monoisotopic (exact) mass is 510 g/mol. The fourth-order valence-corrected chi connectivity index (χ4v) is 4.91. The molecule has 0 N–H and O–H groups in total. The topological polar surface area (TPSA) is 83.5 Å². The Balaban J connectivity index is 0.000000221. The summed E-state index contributed by atoms with van der Waals surface area (Å²) in [4.78, 5) is 10.5. The van der Waals surface area contributed by atoms with Crippen LogP contribution in [0.15, 0.2) is 77.7 Å². The van der Waals surface area contributed by atoms with E-state index in [0.29, 0.717) is 0 Å². The van der Waals surface area contributed by atoms with Gasteiger partial charge in [-0.25, -0.2) is 8.42 Å². The number of halogens is 1. The van der Waals surface area contributed by atoms with Crippen molar-refractivity contribution in [2.24, 2.45) is 0 Å². The molecule has 0 saturated heterocycles. The second kappa shape index (κ2) is 10.4. The highest BCUT2D eigenvalue weighted by Crippen LogP contribution is 2.08. The third-order valence-electron chi connectivity index (χ3n) is 3.56. The molecule has 0 heterocycles. The van der Waals surface area contributed by atoms with Crippen LogP contribution in [0.1, 0.15) is 15.9 Å². The van der Waals surface area contributed by atoms with Crippen LogP contribution in [0.2, 0.25) is 0 Å². The molecule has 0 atom stereocenters. The van der Waals surface area contributed by atoms with Crippen LogP contribution in [0.25, 0.3) is 0 Å². The number of rotatable bonds is 5. The molecule has 3 aromatic carbocycles. The van der Waals surface area contributed by atoms with Crippen LogP contribution < -0.4 is 25.9 Å². The molecule has 0 unspecified atom stereocenters. The van der Waals surface area contributed by atoms with Crippen molar-refractivity contribution in [3.05, 3.63) is 91.1 Å². The summed E-state index contributed by atoms with van der Waals surface area (Å²) in [5.74, 6) is 0.874. The van der Waals surface area contributed by atoms with Gasteiger partial charge in [0.1, 0.15) is 22.2 Å². The van der Waals surface area contributed by atoms with E-state index in [-0.39, 0.29) is 26.1 Å². The molecule has 0 fully saturated rings. The SMILES string of the molecule is COc1ccc([I+]c2cccc(C=O)c2)cc1.Cc1ccc(S(=O)(=O)[O-])cc1. The van der Waals surface area contributed by atoms with Gasteiger partial charge in [0.15, 0.2) is 7.14 Å². The number of aryl methyl sites for hydroxylation is 1. The van der Waals surface area contributed by atoms with Crippen molar-refractivity contribution in [2.45, 2.75) is 11.8 Å². The maximum atomic E-state index is 10.7. The highest BCUT2D eigenvalue weighted by molar-refractivity contribution is 7.85. The summed E-state index contributed by atoms with van der Waals surface area (Å²) in [7, 11) is -2.61. The van der Waals surface area contributed by atoms with Gasteiger partial charge in [-0.1, -0.05) is 29.8 Å². The average molecular weight is 510 g/mol. The van der Waals surface area contributed by atoms with Gasteiger partial charge in [-0.15, -0.1) is 0 Å². The fraction of sp³-hybridized carbons (Fsp3) is 0.0952. The van der Waals surface area contributed by atoms with Gasteiger partial charge in [-0.3, -0.25) is 4.79 Å². The number of hydrogen-bond donors (Lipinski definition) is 0. The Bertz CT molecular complexity index is 1010. The quantitative estimate of drug-likeness (QED) is 0.284. The highest BCUT2D eigenvalue weighted by atomic mass is 127. The largest absolute Gasteiger partial charge is 0.744 e. The first-order valence-electron chi connectivity index (χ1n) is 8.18. The van der Waals surface area contributed by atoms with E-state index in [2.05, 4.69) is 18.2 Å². The molecule has 3 rings (SSSR count). The summed E-state index contributed by atoms with van der Waals surface area (Å²) < 4.78 is 38.8. The minimum absolute atomic E-state index is 0.178. The van der Waals surface area contributed by atoms with E-state index < -0.39 is 10.1 Å². The lowest BCUT2D eigenvalue weighted by atomic mass is 10.2. The van der Waals surface area contributed by atoms with Crippen LogP contribution in [0.5, 0.6) is 5.75 Å². The zero-order valence-electron chi connectivity index (χ0n) is 15.3. The summed E-state index contributed by atoms with van der Waals surface area (Å²) in [6.07, 6.45) is 0.890. The zero-order valence-corrected chi connectivity index (χ0v) is 18.3. The number of carbonyl (C=O) groups excluding carboxylic acids is 1. The second-order valence-corrected chi connectivity index (χ2v) is 10.1. The molecule has 0 aliphatic heterocycles. The third-order valence-corrected chi connectivity index (χ3v) is 7.05. The number of aldehydes is 1. The maximum Gasteiger partial charge on any atom is 0.357 e. The van der Waals surface area contributed by atoms with E-state index in [1.54, 1.807) is 19.2 Å². The first kappa shape index (κ1) is 22.1. The first-order valence-corrected chi connectivity index (χ1v) is 11.7. The van der Waals surface area contributed by atoms with Gasteiger partial charge in [0.2, 0.25) is 0 Å². The molecular formula is C21H19IO5S. The highest BCUT2D eigenvalue weighted by Gasteiger charge is 2.15. The number of ether oxygens (including phenoxy) is 1. The predicted octanol–water partition coefficient (Wildman–Crippen LogP) is 0.535. The van der Waals surface area contributed by atoms with Crippen LogP contribution >= 0.6 is 0 Å². The number of methoxy groups -OCH3 is 1. The number of carbonyl (C=O) groups is 1. The standard InChI is InChI=1S/C14H12IO2.C7H8O3S/c1-17-14-7-5-12(6-8-14)15-13-4-2-3-11(9-13)10-16;1-6-2-4-7(5-3-6)11(8,9)10/h2-10H,1H3;2-5H,1H3,(H,8,9,10)/q+1;/p-1. The molecule has 3 aromatic rings. The van der Waals surface area contributed by atoms with Gasteiger partial charge >= 0.3 is 21.2 Å². The molecule has 0 aromatic heterocycles. The molecule has 0 aliphatic rings. The van der Waals surface area contributed by atoms with E-state index in [0.717, 1.165) is 23.2 Å². The Morgan fingerprint density at radius 3 is 2.11 bits per heavy atom. The maximum absolute atomic E-state index is 10.7. The predicted molar refractivity (Wildman–Crippen MR) is 101 cm³/mol. The average Bonchev–Trinajstić information content (AvgIpc) is 2.69. The molecule has 7 heteroatoms. The van der Waals surface area contributed by atoms with Crippen LogP contribution in [-0.4, -0.2) is 26.4 Å². The van der Waals surface area contributed by atoms with Crippen molar-refractivity contribution in [1.29, 1.82) is 0 Å². The summed E-state index contributed by atoms with van der Waals surface area (Å²) in [6, 6.07) is 21.7. The van der Waals surface area contributed by atoms with Gasteiger partial charge in [0.25, 0.3) is 0 Å². The lowest BCUT2D eigenvalue weighted by Crippen LogP contribution is -3.61. The molecular weight excluding hydrogens is 491 g/mol. The van der Waals surface area contributed by atoms with Gasteiger partial charge < -0.3 is 9.29 Å². The second-order valence-electron chi connectivity index (χ2n) is 5.69. The van der Waals surface area contributed by atoms with Gasteiger partial charge in [0, 0.05) is 11.6 Å². The van der Waals surface area contributed by atoms with Crippen LogP contribution in [0.3, 0.4) is 0 Å². The van der Waals surface area contributed by atoms with Crippen molar-refractivity contribution >= 4 is 16.4 Å². The zero-order chi connectivity index (χ0) is 20.6. The Kier molecular flexibility index (Phi) is 8.16. The summed E-state index contributed by atoms with van der Waals surface area (Å²) in [6.45, 7) is 1.82. The fourth-order valence-electron chi connectivity index (χ4n) is 2.10. The van der Waals surface area contributed by atoms with E-state index >= 15 is 0 Å². The van der Waals surface area contributed by atoms with E-state index in [1.807, 2.05) is 37.3 Å². The molecule has 0 spiro atoms. The molecule has 0 amide bonds. The van der Waals surface area contributed by atoms with Gasteiger partial charge in [-0.2, -0.15) is 0 Å². The third kappa shape index (κ3) is 7.06. The Morgan fingerprint density at radius 1 is 0.929 bits per heavy atom. The summed E-state index contributed by atoms with van der Waals surface area (Å²) >= 11 is -0.227. The van der Waals surface area contributed by atoms with Crippen LogP contribution in [-0.2, 0) is 10.1 Å². The Hall–Kier alpha value is -2.23. The number of hydrogen-bond acceptors (Lipinski definition) is 5. The molecule has 0 saturated carbocycles. The van der Waals surface area contributed by atoms with Crippen LogP contribution in [0.4, 0.5) is 0 Å². The van der Waals surface area contributed by atoms with Crippen molar-refractivity contribution < 1.29 is 43.7 Å². The molecule has 0 aliphatic carbocycles. The van der Waals surface area contributed by atoms with Gasteiger partial charge in [0.05, 0.1) is 12.0 Å². The molecule has 0 bridgehead atoms. The van der Waals surface area contributed by atoms with E-state index in [9.17, 15) is 17.8 Å². The smallest absolute Gasteiger partial charge is 0.357 e. The lowest BCUT2D eigenvalue weighted by Gasteiger charge is -2.05. The summed E-state index contributed by atoms with van der Waals surface area (Å²) in [5, 5.41) is 0. The Morgan fingerprint density at radius 2 is 1.57 bits per heavy atom. The van der Waals surface area contributed by atoms with Crippen molar-refractivity contribution in [3.63, 3.8) is 0 Å². The van der Waals surface area contributed by atoms with Crippen molar-refractivity contribution in [1.82, 2.24) is 0 Å². The van der Waals surface area contributed by atoms with Crippen molar-refractivity contribution in [2.75, 3.05) is 7.11 Å².